The van der Waals surface area contributed by atoms with Crippen LogP contribution in [0.2, 0.25) is 5.02 Å². The second kappa shape index (κ2) is 7.51. The molecule has 1 aromatic carbocycles. The lowest BCUT2D eigenvalue weighted by molar-refractivity contribution is 0.126. The molecule has 0 unspecified atom stereocenters. The molecule has 0 saturated heterocycles. The highest BCUT2D eigenvalue weighted by Crippen LogP contribution is 2.30. The maximum absolute atomic E-state index is 5.88. The highest BCUT2D eigenvalue weighted by atomic mass is 35.5. The van der Waals surface area contributed by atoms with Gasteiger partial charge >= 0.3 is 0 Å². The molecule has 10 heteroatoms. The Hall–Kier alpha value is -3.30. The molecular formula is C20H16ClN7OS. The van der Waals surface area contributed by atoms with Gasteiger partial charge in [0.1, 0.15) is 6.33 Å². The number of halogens is 1. The molecule has 4 heterocycles. The van der Waals surface area contributed by atoms with Crippen LogP contribution in [0.4, 0.5) is 0 Å². The van der Waals surface area contributed by atoms with Gasteiger partial charge in [0.2, 0.25) is 0 Å². The predicted molar refractivity (Wildman–Crippen MR) is 117 cm³/mol. The Kier molecular flexibility index (Phi) is 4.68. The first-order valence-corrected chi connectivity index (χ1v) is 10.4. The Morgan fingerprint density at radius 2 is 2.00 bits per heavy atom. The number of thiazole rings is 1. The zero-order valence-electron chi connectivity index (χ0n) is 16.2. The van der Waals surface area contributed by atoms with Crippen LogP contribution in [0.3, 0.4) is 0 Å². The Labute approximate surface area is 180 Å². The van der Waals surface area contributed by atoms with Crippen LogP contribution in [0.15, 0.2) is 47.3 Å². The van der Waals surface area contributed by atoms with Crippen molar-refractivity contribution in [2.75, 3.05) is 0 Å². The number of aryl methyl sites for hydroxylation is 1. The average Bonchev–Trinajstić information content (AvgIpc) is 3.46. The molecule has 0 bridgehead atoms. The molecule has 0 radical (unpaired) electrons. The third-order valence-corrected chi connectivity index (χ3v) is 5.84. The molecule has 0 aliphatic heterocycles. The smallest absolute Gasteiger partial charge is 0.195 e. The normalized spacial score (nSPS) is 11.8. The van der Waals surface area contributed by atoms with Crippen LogP contribution in [-0.4, -0.2) is 35.3 Å². The summed E-state index contributed by atoms with van der Waals surface area (Å²) in [5, 5.41) is 12.9. The number of rotatable bonds is 5. The number of hydrogen-bond donors (Lipinski definition) is 0. The topological polar surface area (TPSA) is 82.5 Å². The number of hydrogen-bond acceptors (Lipinski definition) is 7. The molecule has 5 aromatic rings. The van der Waals surface area contributed by atoms with Crippen LogP contribution in [0.25, 0.3) is 21.8 Å². The molecule has 0 aliphatic rings. The fourth-order valence-corrected chi connectivity index (χ4v) is 4.09. The third-order valence-electron chi connectivity index (χ3n) is 4.83. The van der Waals surface area contributed by atoms with Crippen molar-refractivity contribution in [2.45, 2.75) is 20.5 Å². The molecule has 150 valence electrons. The first-order valence-electron chi connectivity index (χ1n) is 9.14. The monoisotopic (exact) mass is 437 g/mol. The predicted octanol–water partition coefficient (Wildman–Crippen LogP) is 4.35. The van der Waals surface area contributed by atoms with Gasteiger partial charge in [-0.15, -0.1) is 16.4 Å². The number of nitrogens with zero attached hydrogens (tertiary/aromatic N) is 7. The Morgan fingerprint density at radius 3 is 2.77 bits per heavy atom. The molecule has 8 nitrogen and oxygen atoms in total. The Morgan fingerprint density at radius 1 is 1.17 bits per heavy atom. The van der Waals surface area contributed by atoms with Gasteiger partial charge in [0, 0.05) is 22.3 Å². The van der Waals surface area contributed by atoms with Crippen molar-refractivity contribution in [1.82, 2.24) is 29.1 Å². The van der Waals surface area contributed by atoms with Crippen molar-refractivity contribution in [3.8, 4) is 5.13 Å². The van der Waals surface area contributed by atoms with Crippen LogP contribution in [0.1, 0.15) is 22.6 Å². The SMILES string of the molecule is Cc1c(C)n(-c2nccs2)c2ncn3nc(CO/N=C\c4ccc(Cl)cc4)nc3c12. The maximum atomic E-state index is 5.88. The minimum Gasteiger partial charge on any atom is -0.387 e. The molecule has 5 rings (SSSR count). The van der Waals surface area contributed by atoms with Gasteiger partial charge in [0.25, 0.3) is 0 Å². The van der Waals surface area contributed by atoms with E-state index in [2.05, 4.69) is 43.6 Å². The minimum atomic E-state index is 0.151. The number of fused-ring (bicyclic) bond motifs is 3. The second-order valence-corrected chi connectivity index (χ2v) is 7.97. The van der Waals surface area contributed by atoms with E-state index >= 15 is 0 Å². The van der Waals surface area contributed by atoms with Gasteiger partial charge in [-0.2, -0.15) is 0 Å². The summed E-state index contributed by atoms with van der Waals surface area (Å²) in [4.78, 5) is 19.1. The highest BCUT2D eigenvalue weighted by molar-refractivity contribution is 7.12. The summed E-state index contributed by atoms with van der Waals surface area (Å²) < 4.78 is 3.72. The lowest BCUT2D eigenvalue weighted by Crippen LogP contribution is -1.98. The van der Waals surface area contributed by atoms with Gasteiger partial charge in [0.15, 0.2) is 28.9 Å². The zero-order chi connectivity index (χ0) is 20.7. The van der Waals surface area contributed by atoms with E-state index in [-0.39, 0.29) is 6.61 Å². The van der Waals surface area contributed by atoms with Crippen LogP contribution in [0, 0.1) is 13.8 Å². The minimum absolute atomic E-state index is 0.151. The largest absolute Gasteiger partial charge is 0.387 e. The fourth-order valence-electron chi connectivity index (χ4n) is 3.27. The summed E-state index contributed by atoms with van der Waals surface area (Å²) >= 11 is 7.45. The van der Waals surface area contributed by atoms with Crippen LogP contribution in [-0.2, 0) is 11.4 Å². The number of oxime groups is 1. The quantitative estimate of drug-likeness (QED) is 0.301. The standard InChI is InChI=1S/C20H16ClN7OS/c1-12-13(2)28(20-22-7-8-30-20)18-17(12)19-25-16(26-27(19)11-23-18)10-29-24-9-14-3-5-15(21)6-4-14/h3-9,11H,10H2,1-2H3/b24-9-. The summed E-state index contributed by atoms with van der Waals surface area (Å²) in [5.41, 5.74) is 4.61. The van der Waals surface area contributed by atoms with Crippen molar-refractivity contribution in [3.05, 3.63) is 69.8 Å². The van der Waals surface area contributed by atoms with Crippen LogP contribution < -0.4 is 0 Å². The van der Waals surface area contributed by atoms with E-state index in [9.17, 15) is 0 Å². The van der Waals surface area contributed by atoms with E-state index in [0.717, 1.165) is 38.6 Å². The first-order chi connectivity index (χ1) is 14.6. The summed E-state index contributed by atoms with van der Waals surface area (Å²) in [6.45, 7) is 4.27. The third kappa shape index (κ3) is 3.21. The summed E-state index contributed by atoms with van der Waals surface area (Å²) in [6, 6.07) is 7.32. The molecule has 0 amide bonds. The van der Waals surface area contributed by atoms with Gasteiger partial charge in [-0.05, 0) is 37.1 Å². The molecule has 0 N–H and O–H groups in total. The molecule has 0 spiro atoms. The van der Waals surface area contributed by atoms with Gasteiger partial charge in [-0.3, -0.25) is 4.57 Å². The van der Waals surface area contributed by atoms with E-state index in [4.69, 9.17) is 16.4 Å². The Bertz CT molecular complexity index is 1370. The van der Waals surface area contributed by atoms with E-state index in [1.165, 1.54) is 0 Å². The van der Waals surface area contributed by atoms with Crippen molar-refractivity contribution < 1.29 is 4.84 Å². The van der Waals surface area contributed by atoms with Gasteiger partial charge in [-0.1, -0.05) is 28.9 Å². The summed E-state index contributed by atoms with van der Waals surface area (Å²) in [7, 11) is 0. The first kappa shape index (κ1) is 18.7. The molecular weight excluding hydrogens is 422 g/mol. The van der Waals surface area contributed by atoms with Crippen molar-refractivity contribution in [1.29, 1.82) is 0 Å². The summed E-state index contributed by atoms with van der Waals surface area (Å²) in [6.07, 6.45) is 5.07. The molecule has 0 saturated carbocycles. The molecule has 0 aliphatic carbocycles. The van der Waals surface area contributed by atoms with E-state index in [1.54, 1.807) is 46.7 Å². The molecule has 0 atom stereocenters. The fraction of sp³-hybridized carbons (Fsp3) is 0.150. The number of aromatic nitrogens is 6. The van der Waals surface area contributed by atoms with Gasteiger partial charge < -0.3 is 4.84 Å². The molecule has 4 aromatic heterocycles. The zero-order valence-corrected chi connectivity index (χ0v) is 17.7. The molecule has 30 heavy (non-hydrogen) atoms. The van der Waals surface area contributed by atoms with Crippen molar-refractivity contribution in [2.24, 2.45) is 5.16 Å². The van der Waals surface area contributed by atoms with Crippen LogP contribution >= 0.6 is 22.9 Å². The van der Waals surface area contributed by atoms with Crippen molar-refractivity contribution in [3.63, 3.8) is 0 Å². The highest BCUT2D eigenvalue weighted by Gasteiger charge is 2.19. The van der Waals surface area contributed by atoms with E-state index in [1.807, 2.05) is 17.5 Å². The lowest BCUT2D eigenvalue weighted by Gasteiger charge is -2.02. The van der Waals surface area contributed by atoms with Gasteiger partial charge in [-0.25, -0.2) is 19.5 Å². The average molecular weight is 438 g/mol. The Balaban J connectivity index is 1.45. The van der Waals surface area contributed by atoms with Crippen molar-refractivity contribution >= 4 is 45.8 Å². The number of benzene rings is 1. The summed E-state index contributed by atoms with van der Waals surface area (Å²) in [5.74, 6) is 0.525. The van der Waals surface area contributed by atoms with E-state index in [0.29, 0.717) is 10.8 Å². The van der Waals surface area contributed by atoms with E-state index < -0.39 is 0 Å². The van der Waals surface area contributed by atoms with Crippen LogP contribution in [0.5, 0.6) is 0 Å². The second-order valence-electron chi connectivity index (χ2n) is 6.66. The molecule has 0 fully saturated rings. The van der Waals surface area contributed by atoms with Gasteiger partial charge in [0.05, 0.1) is 11.6 Å². The lowest BCUT2D eigenvalue weighted by atomic mass is 10.2. The maximum Gasteiger partial charge on any atom is 0.195 e.